The Bertz CT molecular complexity index is 435. The minimum absolute atomic E-state index is 0.182. The number of carbonyl (C=O) groups excluding carboxylic acids is 1. The molecule has 20 heavy (non-hydrogen) atoms. The Morgan fingerprint density at radius 1 is 1.45 bits per heavy atom. The van der Waals surface area contributed by atoms with E-state index in [0.29, 0.717) is 32.1 Å². The van der Waals surface area contributed by atoms with E-state index in [2.05, 4.69) is 20.2 Å². The predicted molar refractivity (Wildman–Crippen MR) is 73.9 cm³/mol. The third-order valence-electron chi connectivity index (χ3n) is 3.03. The van der Waals surface area contributed by atoms with E-state index in [1.807, 2.05) is 0 Å². The summed E-state index contributed by atoms with van der Waals surface area (Å²) < 4.78 is 10.2. The normalized spacial score (nSPS) is 15.2. The fourth-order valence-electron chi connectivity index (χ4n) is 1.95. The zero-order valence-corrected chi connectivity index (χ0v) is 11.7. The lowest BCUT2D eigenvalue weighted by Crippen LogP contribution is -2.37. The van der Waals surface area contributed by atoms with Gasteiger partial charge in [0.05, 0.1) is 13.2 Å². The summed E-state index contributed by atoms with van der Waals surface area (Å²) >= 11 is 0. The summed E-state index contributed by atoms with van der Waals surface area (Å²) in [5.74, 6) is 0.586. The van der Waals surface area contributed by atoms with Gasteiger partial charge < -0.3 is 19.7 Å². The number of nitrogens with one attached hydrogen (secondary N) is 1. The number of carbonyl (C=O) groups is 1. The first-order valence-corrected chi connectivity index (χ1v) is 6.73. The van der Waals surface area contributed by atoms with Gasteiger partial charge in [-0.3, -0.25) is 4.79 Å². The van der Waals surface area contributed by atoms with Gasteiger partial charge >= 0.3 is 0 Å². The highest BCUT2D eigenvalue weighted by molar-refractivity contribution is 5.92. The highest BCUT2D eigenvalue weighted by Gasteiger charge is 2.15. The van der Waals surface area contributed by atoms with Crippen molar-refractivity contribution in [3.05, 3.63) is 18.1 Å². The van der Waals surface area contributed by atoms with Gasteiger partial charge in [-0.05, 0) is 6.42 Å². The average molecular weight is 280 g/mol. The number of ether oxygens (including phenoxy) is 2. The number of hydrogen-bond acceptors (Lipinski definition) is 6. The molecule has 0 atom stereocenters. The van der Waals surface area contributed by atoms with Gasteiger partial charge in [-0.25, -0.2) is 9.97 Å². The minimum atomic E-state index is -0.182. The molecule has 1 fully saturated rings. The lowest BCUT2D eigenvalue weighted by atomic mass is 10.3. The number of amides is 1. The molecule has 1 saturated heterocycles. The molecule has 1 amide bonds. The Kier molecular flexibility index (Phi) is 5.69. The molecule has 0 radical (unpaired) electrons. The van der Waals surface area contributed by atoms with Crippen molar-refractivity contribution < 1.29 is 14.3 Å². The highest BCUT2D eigenvalue weighted by Crippen LogP contribution is 2.12. The van der Waals surface area contributed by atoms with E-state index >= 15 is 0 Å². The third-order valence-corrected chi connectivity index (χ3v) is 3.03. The lowest BCUT2D eigenvalue weighted by Gasteiger charge is -2.27. The molecule has 110 valence electrons. The first kappa shape index (κ1) is 14.7. The van der Waals surface area contributed by atoms with Crippen LogP contribution in [0.3, 0.4) is 0 Å². The second kappa shape index (κ2) is 7.76. The number of rotatable bonds is 6. The van der Waals surface area contributed by atoms with Crippen molar-refractivity contribution in [2.24, 2.45) is 0 Å². The zero-order chi connectivity index (χ0) is 14.2. The molecular weight excluding hydrogens is 260 g/mol. The molecule has 7 nitrogen and oxygen atoms in total. The van der Waals surface area contributed by atoms with Gasteiger partial charge in [-0.2, -0.15) is 0 Å². The molecule has 1 aromatic rings. The van der Waals surface area contributed by atoms with Crippen LogP contribution in [0.1, 0.15) is 16.9 Å². The highest BCUT2D eigenvalue weighted by atomic mass is 16.5. The number of aromatic nitrogens is 2. The fourth-order valence-corrected chi connectivity index (χ4v) is 1.95. The second-order valence-electron chi connectivity index (χ2n) is 4.46. The number of anilines is 1. The van der Waals surface area contributed by atoms with Gasteiger partial charge in [-0.1, -0.05) is 0 Å². The molecule has 0 unspecified atom stereocenters. The largest absolute Gasteiger partial charge is 0.385 e. The molecule has 0 aliphatic carbocycles. The summed E-state index contributed by atoms with van der Waals surface area (Å²) in [7, 11) is 1.64. The van der Waals surface area contributed by atoms with Crippen molar-refractivity contribution in [1.29, 1.82) is 0 Å². The molecule has 1 aliphatic heterocycles. The summed E-state index contributed by atoms with van der Waals surface area (Å²) in [6, 6.07) is 1.72. The molecule has 1 aromatic heterocycles. The summed E-state index contributed by atoms with van der Waals surface area (Å²) in [4.78, 5) is 22.3. The van der Waals surface area contributed by atoms with E-state index in [1.165, 1.54) is 6.33 Å². The van der Waals surface area contributed by atoms with Crippen LogP contribution in [-0.2, 0) is 9.47 Å². The van der Waals surface area contributed by atoms with Gasteiger partial charge in [0.1, 0.15) is 17.8 Å². The SMILES string of the molecule is COCCCNC(=O)c1cc(N2CCOCC2)ncn1. The fraction of sp³-hybridized carbons (Fsp3) is 0.615. The zero-order valence-electron chi connectivity index (χ0n) is 11.7. The number of hydrogen-bond donors (Lipinski definition) is 1. The summed E-state index contributed by atoms with van der Waals surface area (Å²) in [6.07, 6.45) is 2.21. The third kappa shape index (κ3) is 4.14. The van der Waals surface area contributed by atoms with E-state index in [0.717, 1.165) is 25.3 Å². The van der Waals surface area contributed by atoms with Crippen LogP contribution in [-0.4, -0.2) is 62.4 Å². The molecule has 7 heteroatoms. The summed E-state index contributed by atoms with van der Waals surface area (Å²) in [5, 5.41) is 2.81. The van der Waals surface area contributed by atoms with Gasteiger partial charge in [0.15, 0.2) is 0 Å². The Morgan fingerprint density at radius 3 is 3.00 bits per heavy atom. The predicted octanol–water partition coefficient (Wildman–Crippen LogP) is 0.0795. The first-order chi connectivity index (χ1) is 9.81. The lowest BCUT2D eigenvalue weighted by molar-refractivity contribution is 0.0943. The van der Waals surface area contributed by atoms with Crippen LogP contribution in [0.15, 0.2) is 12.4 Å². The topological polar surface area (TPSA) is 76.6 Å². The maximum Gasteiger partial charge on any atom is 0.270 e. The van der Waals surface area contributed by atoms with Crippen LogP contribution in [0.2, 0.25) is 0 Å². The standard InChI is InChI=1S/C13H20N4O3/c1-19-6-2-3-14-13(18)11-9-12(16-10-15-11)17-4-7-20-8-5-17/h9-10H,2-8H2,1H3,(H,14,18). The molecule has 1 N–H and O–H groups in total. The molecule has 0 saturated carbocycles. The molecule has 0 aromatic carbocycles. The molecule has 1 aliphatic rings. The number of methoxy groups -OCH3 is 1. The van der Waals surface area contributed by atoms with Crippen LogP contribution >= 0.6 is 0 Å². The van der Waals surface area contributed by atoms with Crippen molar-refractivity contribution in [3.63, 3.8) is 0 Å². The van der Waals surface area contributed by atoms with Gasteiger partial charge in [0.2, 0.25) is 0 Å². The maximum atomic E-state index is 12.0. The maximum absolute atomic E-state index is 12.0. The van der Waals surface area contributed by atoms with Crippen molar-refractivity contribution in [2.75, 3.05) is 51.5 Å². The van der Waals surface area contributed by atoms with Crippen molar-refractivity contribution >= 4 is 11.7 Å². The molecule has 2 rings (SSSR count). The first-order valence-electron chi connectivity index (χ1n) is 6.73. The van der Waals surface area contributed by atoms with Crippen molar-refractivity contribution in [3.8, 4) is 0 Å². The van der Waals surface area contributed by atoms with Crippen LogP contribution < -0.4 is 10.2 Å². The summed E-state index contributed by atoms with van der Waals surface area (Å²) in [6.45, 7) is 4.13. The van der Waals surface area contributed by atoms with E-state index in [4.69, 9.17) is 9.47 Å². The smallest absolute Gasteiger partial charge is 0.270 e. The Balaban J connectivity index is 1.92. The minimum Gasteiger partial charge on any atom is -0.385 e. The number of morpholine rings is 1. The van der Waals surface area contributed by atoms with Crippen LogP contribution in [0.25, 0.3) is 0 Å². The molecule has 0 bridgehead atoms. The van der Waals surface area contributed by atoms with E-state index < -0.39 is 0 Å². The Hall–Kier alpha value is -1.73. The number of nitrogens with zero attached hydrogens (tertiary/aromatic N) is 3. The molecule has 2 heterocycles. The molecular formula is C13H20N4O3. The molecule has 0 spiro atoms. The van der Waals surface area contributed by atoms with Crippen molar-refractivity contribution in [1.82, 2.24) is 15.3 Å². The van der Waals surface area contributed by atoms with Crippen LogP contribution in [0.5, 0.6) is 0 Å². The van der Waals surface area contributed by atoms with Crippen LogP contribution in [0, 0.1) is 0 Å². The summed E-state index contributed by atoms with van der Waals surface area (Å²) in [5.41, 5.74) is 0.388. The Morgan fingerprint density at radius 2 is 2.25 bits per heavy atom. The van der Waals surface area contributed by atoms with Gasteiger partial charge in [0.25, 0.3) is 5.91 Å². The van der Waals surface area contributed by atoms with E-state index in [1.54, 1.807) is 13.2 Å². The van der Waals surface area contributed by atoms with E-state index in [9.17, 15) is 4.79 Å². The van der Waals surface area contributed by atoms with Crippen molar-refractivity contribution in [2.45, 2.75) is 6.42 Å². The quantitative estimate of drug-likeness (QED) is 0.744. The Labute approximate surface area is 118 Å². The monoisotopic (exact) mass is 280 g/mol. The van der Waals surface area contributed by atoms with Gasteiger partial charge in [0, 0.05) is 39.4 Å². The average Bonchev–Trinajstić information content (AvgIpc) is 2.52. The van der Waals surface area contributed by atoms with Crippen LogP contribution in [0.4, 0.5) is 5.82 Å². The second-order valence-corrected chi connectivity index (χ2v) is 4.46. The van der Waals surface area contributed by atoms with E-state index in [-0.39, 0.29) is 5.91 Å². The van der Waals surface area contributed by atoms with Gasteiger partial charge in [-0.15, -0.1) is 0 Å².